The first-order valence-corrected chi connectivity index (χ1v) is 24.8. The van der Waals surface area contributed by atoms with Crippen molar-refractivity contribution >= 4 is 17.9 Å². The van der Waals surface area contributed by atoms with Gasteiger partial charge in [-0.05, 0) is 83.5 Å². The number of allylic oxidation sites excluding steroid dienone is 10. The molecular weight excluding hydrogens is 733 g/mol. The lowest BCUT2D eigenvalue weighted by atomic mass is 10.1. The van der Waals surface area contributed by atoms with Gasteiger partial charge in [0.2, 0.25) is 0 Å². The lowest BCUT2D eigenvalue weighted by molar-refractivity contribution is -0.167. The van der Waals surface area contributed by atoms with Crippen molar-refractivity contribution in [3.05, 3.63) is 60.8 Å². The molecule has 340 valence electrons. The predicted molar refractivity (Wildman–Crippen MR) is 251 cm³/mol. The number of rotatable bonds is 44. The zero-order valence-electron chi connectivity index (χ0n) is 38.8. The lowest BCUT2D eigenvalue weighted by Gasteiger charge is -2.18. The van der Waals surface area contributed by atoms with Crippen molar-refractivity contribution in [1.29, 1.82) is 0 Å². The highest BCUT2D eigenvalue weighted by Crippen LogP contribution is 2.14. The molecule has 0 spiro atoms. The van der Waals surface area contributed by atoms with Gasteiger partial charge in [-0.25, -0.2) is 0 Å². The quantitative estimate of drug-likeness (QED) is 0.0263. The van der Waals surface area contributed by atoms with Crippen LogP contribution in [0.2, 0.25) is 0 Å². The van der Waals surface area contributed by atoms with Crippen molar-refractivity contribution in [3.8, 4) is 0 Å². The van der Waals surface area contributed by atoms with Crippen molar-refractivity contribution in [2.75, 3.05) is 13.2 Å². The Hall–Kier alpha value is -2.89. The standard InChI is InChI=1S/C53H92O6/c1-4-7-10-13-16-19-22-24-26-28-29-31-34-37-40-43-46-52(55)58-49-50(48-57-51(54)45-42-39-36-33-21-18-15-12-9-6-3)59-53(56)47-44-41-38-35-32-30-27-25-23-20-17-14-11-8-5-2/h7,10,16,19-20,23-24,26,29,31,50H,4-6,8-9,11-15,17-18,21-22,25,27-28,30,32-49H2,1-3H3/b10-7-,19-16-,23-20-,26-24-,31-29-. The van der Waals surface area contributed by atoms with Crippen LogP contribution in [0.5, 0.6) is 0 Å². The minimum atomic E-state index is -0.786. The van der Waals surface area contributed by atoms with Crippen molar-refractivity contribution in [3.63, 3.8) is 0 Å². The Morgan fingerprint density at radius 2 is 0.661 bits per heavy atom. The van der Waals surface area contributed by atoms with E-state index in [9.17, 15) is 14.4 Å². The summed E-state index contributed by atoms with van der Waals surface area (Å²) in [4.78, 5) is 37.8. The molecule has 0 aromatic carbocycles. The first kappa shape index (κ1) is 56.1. The minimum absolute atomic E-state index is 0.0848. The van der Waals surface area contributed by atoms with Gasteiger partial charge >= 0.3 is 17.9 Å². The zero-order chi connectivity index (χ0) is 43.0. The normalized spacial score (nSPS) is 12.5. The van der Waals surface area contributed by atoms with Gasteiger partial charge < -0.3 is 14.2 Å². The van der Waals surface area contributed by atoms with E-state index >= 15 is 0 Å². The Morgan fingerprint density at radius 1 is 0.356 bits per heavy atom. The van der Waals surface area contributed by atoms with E-state index in [4.69, 9.17) is 14.2 Å². The predicted octanol–water partition coefficient (Wildman–Crippen LogP) is 16.1. The van der Waals surface area contributed by atoms with E-state index in [0.717, 1.165) is 89.9 Å². The van der Waals surface area contributed by atoms with Crippen LogP contribution in [0, 0.1) is 0 Å². The highest BCUT2D eigenvalue weighted by atomic mass is 16.6. The van der Waals surface area contributed by atoms with Crippen molar-refractivity contribution in [1.82, 2.24) is 0 Å². The Morgan fingerprint density at radius 3 is 1.08 bits per heavy atom. The summed E-state index contributed by atoms with van der Waals surface area (Å²) in [5, 5.41) is 0. The molecule has 0 bridgehead atoms. The van der Waals surface area contributed by atoms with Crippen LogP contribution >= 0.6 is 0 Å². The topological polar surface area (TPSA) is 78.9 Å². The van der Waals surface area contributed by atoms with Gasteiger partial charge in [-0.2, -0.15) is 0 Å². The van der Waals surface area contributed by atoms with E-state index in [-0.39, 0.29) is 31.1 Å². The van der Waals surface area contributed by atoms with Gasteiger partial charge in [0.05, 0.1) is 0 Å². The van der Waals surface area contributed by atoms with Crippen molar-refractivity contribution in [2.45, 2.75) is 245 Å². The maximum atomic E-state index is 12.8. The fourth-order valence-corrected chi connectivity index (χ4v) is 6.78. The summed E-state index contributed by atoms with van der Waals surface area (Å²) in [6.07, 6.45) is 57.7. The molecule has 0 aliphatic heterocycles. The fraction of sp³-hybridized carbons (Fsp3) is 0.755. The van der Waals surface area contributed by atoms with Crippen LogP contribution in [-0.4, -0.2) is 37.2 Å². The van der Waals surface area contributed by atoms with E-state index in [0.29, 0.717) is 19.3 Å². The van der Waals surface area contributed by atoms with Crippen LogP contribution in [0.3, 0.4) is 0 Å². The smallest absolute Gasteiger partial charge is 0.306 e. The number of unbranched alkanes of at least 4 members (excludes halogenated alkanes) is 23. The number of hydrogen-bond acceptors (Lipinski definition) is 6. The molecule has 1 atom stereocenters. The molecule has 1 unspecified atom stereocenters. The molecule has 0 N–H and O–H groups in total. The van der Waals surface area contributed by atoms with Gasteiger partial charge in [0, 0.05) is 19.3 Å². The van der Waals surface area contributed by atoms with E-state index in [1.807, 2.05) is 0 Å². The number of carbonyl (C=O) groups is 3. The molecule has 0 fully saturated rings. The Labute approximate surface area is 364 Å². The maximum Gasteiger partial charge on any atom is 0.306 e. The van der Waals surface area contributed by atoms with E-state index in [1.165, 1.54) is 109 Å². The third kappa shape index (κ3) is 46.0. The molecule has 0 aliphatic rings. The van der Waals surface area contributed by atoms with Gasteiger partial charge in [-0.15, -0.1) is 0 Å². The Bertz CT molecular complexity index is 1090. The zero-order valence-corrected chi connectivity index (χ0v) is 38.8. The summed E-state index contributed by atoms with van der Waals surface area (Å²) in [5.41, 5.74) is 0. The molecule has 0 aliphatic carbocycles. The average Bonchev–Trinajstić information content (AvgIpc) is 3.23. The molecule has 0 saturated carbocycles. The summed E-state index contributed by atoms with van der Waals surface area (Å²) in [7, 11) is 0. The second-order valence-electron chi connectivity index (χ2n) is 16.3. The number of esters is 3. The highest BCUT2D eigenvalue weighted by Gasteiger charge is 2.19. The summed E-state index contributed by atoms with van der Waals surface area (Å²) in [5.74, 6) is -0.921. The summed E-state index contributed by atoms with van der Waals surface area (Å²) in [6, 6.07) is 0. The monoisotopic (exact) mass is 825 g/mol. The molecule has 0 radical (unpaired) electrons. The summed E-state index contributed by atoms with van der Waals surface area (Å²) in [6.45, 7) is 6.47. The van der Waals surface area contributed by atoms with Crippen molar-refractivity contribution in [2.24, 2.45) is 0 Å². The van der Waals surface area contributed by atoms with Crippen LogP contribution in [-0.2, 0) is 28.6 Å². The summed E-state index contributed by atoms with van der Waals surface area (Å²) < 4.78 is 16.7. The van der Waals surface area contributed by atoms with Gasteiger partial charge in [-0.1, -0.05) is 197 Å². The van der Waals surface area contributed by atoms with Crippen LogP contribution in [0.1, 0.15) is 239 Å². The summed E-state index contributed by atoms with van der Waals surface area (Å²) >= 11 is 0. The highest BCUT2D eigenvalue weighted by molar-refractivity contribution is 5.71. The third-order valence-electron chi connectivity index (χ3n) is 10.5. The third-order valence-corrected chi connectivity index (χ3v) is 10.5. The SMILES string of the molecule is CC/C=C\C/C=C\C/C=C\C/C=C\CCCCCC(=O)OCC(COC(=O)CCCCCCCCCCCC)OC(=O)CCCCCCCCC/C=C\CCCCCC. The molecule has 6 nitrogen and oxygen atoms in total. The largest absolute Gasteiger partial charge is 0.462 e. The maximum absolute atomic E-state index is 12.8. The number of ether oxygens (including phenoxy) is 3. The molecule has 0 heterocycles. The molecule has 0 saturated heterocycles. The molecule has 0 rings (SSSR count). The van der Waals surface area contributed by atoms with E-state index in [1.54, 1.807) is 0 Å². The molecule has 0 amide bonds. The average molecular weight is 825 g/mol. The van der Waals surface area contributed by atoms with E-state index in [2.05, 4.69) is 81.5 Å². The molecule has 0 aromatic heterocycles. The van der Waals surface area contributed by atoms with Crippen LogP contribution in [0.15, 0.2) is 60.8 Å². The van der Waals surface area contributed by atoms with Crippen LogP contribution < -0.4 is 0 Å². The van der Waals surface area contributed by atoms with Gasteiger partial charge in [0.25, 0.3) is 0 Å². The molecular formula is C53H92O6. The minimum Gasteiger partial charge on any atom is -0.462 e. The Balaban J connectivity index is 4.41. The number of hydrogen-bond donors (Lipinski definition) is 0. The first-order valence-electron chi connectivity index (χ1n) is 24.8. The molecule has 6 heteroatoms. The van der Waals surface area contributed by atoms with E-state index < -0.39 is 6.10 Å². The molecule has 59 heavy (non-hydrogen) atoms. The first-order chi connectivity index (χ1) is 29.0. The fourth-order valence-electron chi connectivity index (χ4n) is 6.78. The second-order valence-corrected chi connectivity index (χ2v) is 16.3. The van der Waals surface area contributed by atoms with Crippen LogP contribution in [0.4, 0.5) is 0 Å². The molecule has 0 aromatic rings. The lowest BCUT2D eigenvalue weighted by Crippen LogP contribution is -2.30. The van der Waals surface area contributed by atoms with Crippen LogP contribution in [0.25, 0.3) is 0 Å². The number of carbonyl (C=O) groups excluding carboxylic acids is 3. The van der Waals surface area contributed by atoms with Gasteiger partial charge in [-0.3, -0.25) is 14.4 Å². The van der Waals surface area contributed by atoms with Gasteiger partial charge in [0.15, 0.2) is 6.10 Å². The van der Waals surface area contributed by atoms with Crippen molar-refractivity contribution < 1.29 is 28.6 Å². The Kier molecular flexibility index (Phi) is 45.4. The van der Waals surface area contributed by atoms with Gasteiger partial charge in [0.1, 0.15) is 13.2 Å². The second kappa shape index (κ2) is 47.8.